The van der Waals surface area contributed by atoms with Crippen molar-refractivity contribution < 1.29 is 18.7 Å². The molecule has 0 saturated carbocycles. The number of methoxy groups -OCH3 is 2. The summed E-state index contributed by atoms with van der Waals surface area (Å²) in [5, 5.41) is 2.57. The first kappa shape index (κ1) is 14.6. The van der Waals surface area contributed by atoms with E-state index in [1.807, 2.05) is 0 Å². The number of hydrogen-bond donors (Lipinski definition) is 2. The summed E-state index contributed by atoms with van der Waals surface area (Å²) >= 11 is 0. The van der Waals surface area contributed by atoms with Gasteiger partial charge in [0.15, 0.2) is 0 Å². The van der Waals surface area contributed by atoms with Gasteiger partial charge in [-0.2, -0.15) is 0 Å². The molecule has 0 spiro atoms. The van der Waals surface area contributed by atoms with Gasteiger partial charge >= 0.3 is 0 Å². The van der Waals surface area contributed by atoms with Crippen LogP contribution in [0.1, 0.15) is 10.4 Å². The monoisotopic (exact) mass is 290 g/mol. The number of amides is 1. The molecular formula is C15H15FN2O3. The van der Waals surface area contributed by atoms with Crippen LogP contribution in [0.15, 0.2) is 36.4 Å². The maximum absolute atomic E-state index is 13.9. The molecule has 0 atom stereocenters. The van der Waals surface area contributed by atoms with Crippen molar-refractivity contribution in [2.75, 3.05) is 25.3 Å². The molecule has 21 heavy (non-hydrogen) atoms. The highest BCUT2D eigenvalue weighted by molar-refractivity contribution is 6.07. The number of benzene rings is 2. The Bertz CT molecular complexity index is 674. The van der Waals surface area contributed by atoms with Crippen LogP contribution >= 0.6 is 0 Å². The van der Waals surface area contributed by atoms with Gasteiger partial charge in [0.1, 0.15) is 22.9 Å². The van der Waals surface area contributed by atoms with Crippen molar-refractivity contribution in [2.24, 2.45) is 0 Å². The molecule has 0 heterocycles. The van der Waals surface area contributed by atoms with Crippen LogP contribution in [-0.4, -0.2) is 20.1 Å². The number of nitrogens with two attached hydrogens (primary N) is 1. The van der Waals surface area contributed by atoms with Crippen molar-refractivity contribution >= 4 is 17.3 Å². The predicted octanol–water partition coefficient (Wildman–Crippen LogP) is 2.68. The molecule has 3 N–H and O–H groups in total. The summed E-state index contributed by atoms with van der Waals surface area (Å²) in [6, 6.07) is 8.94. The van der Waals surface area contributed by atoms with E-state index in [-0.39, 0.29) is 11.3 Å². The zero-order valence-corrected chi connectivity index (χ0v) is 11.6. The van der Waals surface area contributed by atoms with E-state index in [9.17, 15) is 9.18 Å². The van der Waals surface area contributed by atoms with E-state index in [0.29, 0.717) is 17.1 Å². The lowest BCUT2D eigenvalue weighted by atomic mass is 10.1. The smallest absolute Gasteiger partial charge is 0.262 e. The zero-order chi connectivity index (χ0) is 15.4. The molecule has 6 heteroatoms. The summed E-state index contributed by atoms with van der Waals surface area (Å²) in [7, 11) is 2.83. The summed E-state index contributed by atoms with van der Waals surface area (Å²) < 4.78 is 24.0. The van der Waals surface area contributed by atoms with Crippen LogP contribution in [0.3, 0.4) is 0 Å². The Kier molecular flexibility index (Phi) is 4.27. The SMILES string of the molecule is COc1ccc(N)cc1NC(=O)c1c(F)cccc1OC. The van der Waals surface area contributed by atoms with Gasteiger partial charge in [0.05, 0.1) is 19.9 Å². The summed E-state index contributed by atoms with van der Waals surface area (Å²) in [6.07, 6.45) is 0. The fourth-order valence-corrected chi connectivity index (χ4v) is 1.90. The number of halogens is 1. The third-order valence-electron chi connectivity index (χ3n) is 2.89. The summed E-state index contributed by atoms with van der Waals surface area (Å²) in [5.41, 5.74) is 6.31. The second-order valence-corrected chi connectivity index (χ2v) is 4.23. The van der Waals surface area contributed by atoms with Crippen molar-refractivity contribution in [3.05, 3.63) is 47.8 Å². The molecule has 0 bridgehead atoms. The van der Waals surface area contributed by atoms with Gasteiger partial charge in [-0.25, -0.2) is 4.39 Å². The number of nitrogen functional groups attached to an aromatic ring is 1. The van der Waals surface area contributed by atoms with Gasteiger partial charge in [-0.3, -0.25) is 4.79 Å². The predicted molar refractivity (Wildman–Crippen MR) is 78.3 cm³/mol. The highest BCUT2D eigenvalue weighted by Gasteiger charge is 2.19. The Balaban J connectivity index is 2.37. The van der Waals surface area contributed by atoms with Gasteiger partial charge in [0.25, 0.3) is 5.91 Å². The van der Waals surface area contributed by atoms with E-state index in [4.69, 9.17) is 15.2 Å². The van der Waals surface area contributed by atoms with Crippen LogP contribution in [0.25, 0.3) is 0 Å². The number of rotatable bonds is 4. The normalized spacial score (nSPS) is 10.0. The van der Waals surface area contributed by atoms with E-state index < -0.39 is 11.7 Å². The average Bonchev–Trinajstić information content (AvgIpc) is 2.47. The van der Waals surface area contributed by atoms with Crippen molar-refractivity contribution in [1.82, 2.24) is 0 Å². The highest BCUT2D eigenvalue weighted by Crippen LogP contribution is 2.28. The second kappa shape index (κ2) is 6.13. The summed E-state index contributed by atoms with van der Waals surface area (Å²) in [4.78, 5) is 12.3. The number of anilines is 2. The van der Waals surface area contributed by atoms with E-state index in [2.05, 4.69) is 5.32 Å². The molecule has 2 aromatic rings. The molecule has 0 unspecified atom stereocenters. The Hall–Kier alpha value is -2.76. The Labute approximate surface area is 121 Å². The number of nitrogens with one attached hydrogen (secondary N) is 1. The maximum Gasteiger partial charge on any atom is 0.262 e. The number of carbonyl (C=O) groups is 1. The fraction of sp³-hybridized carbons (Fsp3) is 0.133. The van der Waals surface area contributed by atoms with E-state index in [1.165, 1.54) is 38.5 Å². The molecule has 0 radical (unpaired) electrons. The van der Waals surface area contributed by atoms with Crippen LogP contribution in [-0.2, 0) is 0 Å². The van der Waals surface area contributed by atoms with Crippen LogP contribution in [0.4, 0.5) is 15.8 Å². The molecule has 0 fully saturated rings. The van der Waals surface area contributed by atoms with E-state index in [0.717, 1.165) is 0 Å². The topological polar surface area (TPSA) is 73.6 Å². The molecule has 0 aliphatic heterocycles. The lowest BCUT2D eigenvalue weighted by molar-refractivity contribution is 0.101. The third kappa shape index (κ3) is 3.05. The fourth-order valence-electron chi connectivity index (χ4n) is 1.90. The molecule has 2 aromatic carbocycles. The van der Waals surface area contributed by atoms with Crippen LogP contribution in [0.5, 0.6) is 11.5 Å². The standard InChI is InChI=1S/C15H15FN2O3/c1-20-12-7-6-9(17)8-11(12)18-15(19)14-10(16)4-3-5-13(14)21-2/h3-8H,17H2,1-2H3,(H,18,19). The number of ether oxygens (including phenoxy) is 2. The molecule has 0 saturated heterocycles. The summed E-state index contributed by atoms with van der Waals surface area (Å²) in [6.45, 7) is 0. The zero-order valence-electron chi connectivity index (χ0n) is 11.6. The lowest BCUT2D eigenvalue weighted by Crippen LogP contribution is -2.16. The largest absolute Gasteiger partial charge is 0.496 e. The second-order valence-electron chi connectivity index (χ2n) is 4.23. The lowest BCUT2D eigenvalue weighted by Gasteiger charge is -2.13. The Morgan fingerprint density at radius 2 is 1.86 bits per heavy atom. The first-order valence-electron chi connectivity index (χ1n) is 6.14. The van der Waals surface area contributed by atoms with Crippen molar-refractivity contribution in [2.45, 2.75) is 0 Å². The highest BCUT2D eigenvalue weighted by atomic mass is 19.1. The van der Waals surface area contributed by atoms with Crippen LogP contribution in [0.2, 0.25) is 0 Å². The van der Waals surface area contributed by atoms with E-state index >= 15 is 0 Å². The molecule has 5 nitrogen and oxygen atoms in total. The van der Waals surface area contributed by atoms with Crippen molar-refractivity contribution in [1.29, 1.82) is 0 Å². The van der Waals surface area contributed by atoms with Crippen LogP contribution in [0, 0.1) is 5.82 Å². The number of hydrogen-bond acceptors (Lipinski definition) is 4. The Morgan fingerprint density at radius 1 is 1.14 bits per heavy atom. The minimum atomic E-state index is -0.672. The first-order chi connectivity index (χ1) is 10.1. The number of carbonyl (C=O) groups excluding carboxylic acids is 1. The Morgan fingerprint density at radius 3 is 2.52 bits per heavy atom. The van der Waals surface area contributed by atoms with Gasteiger partial charge < -0.3 is 20.5 Å². The molecule has 0 aromatic heterocycles. The average molecular weight is 290 g/mol. The summed E-state index contributed by atoms with van der Waals surface area (Å²) in [5.74, 6) is -0.744. The maximum atomic E-state index is 13.9. The minimum Gasteiger partial charge on any atom is -0.496 e. The first-order valence-corrected chi connectivity index (χ1v) is 6.14. The quantitative estimate of drug-likeness (QED) is 0.849. The van der Waals surface area contributed by atoms with Crippen molar-refractivity contribution in [3.63, 3.8) is 0 Å². The molecule has 1 amide bonds. The van der Waals surface area contributed by atoms with Crippen molar-refractivity contribution in [3.8, 4) is 11.5 Å². The van der Waals surface area contributed by atoms with Gasteiger partial charge in [-0.15, -0.1) is 0 Å². The third-order valence-corrected chi connectivity index (χ3v) is 2.89. The van der Waals surface area contributed by atoms with Gasteiger partial charge in [-0.05, 0) is 30.3 Å². The van der Waals surface area contributed by atoms with Gasteiger partial charge in [0.2, 0.25) is 0 Å². The minimum absolute atomic E-state index is 0.148. The van der Waals surface area contributed by atoms with Crippen LogP contribution < -0.4 is 20.5 Å². The van der Waals surface area contributed by atoms with Gasteiger partial charge in [0, 0.05) is 5.69 Å². The molecule has 110 valence electrons. The van der Waals surface area contributed by atoms with Gasteiger partial charge in [-0.1, -0.05) is 6.07 Å². The molecule has 0 aliphatic rings. The molecule has 0 aliphatic carbocycles. The molecular weight excluding hydrogens is 275 g/mol. The molecule has 2 rings (SSSR count). The van der Waals surface area contributed by atoms with E-state index in [1.54, 1.807) is 12.1 Å².